The lowest BCUT2D eigenvalue weighted by Crippen LogP contribution is -2.15. The topological polar surface area (TPSA) is 78.9 Å². The second-order valence-electron chi connectivity index (χ2n) is 6.03. The minimum atomic E-state index is -0.920. The number of hydrogen-bond donors (Lipinski definition) is 0. The van der Waals surface area contributed by atoms with Crippen molar-refractivity contribution in [2.24, 2.45) is 0 Å². The van der Waals surface area contributed by atoms with Crippen LogP contribution < -0.4 is 10.2 Å². The highest BCUT2D eigenvalue weighted by Crippen LogP contribution is 2.30. The van der Waals surface area contributed by atoms with Crippen molar-refractivity contribution < 1.29 is 23.8 Å². The number of rotatable bonds is 6. The lowest BCUT2D eigenvalue weighted by Gasteiger charge is -2.09. The molecule has 0 atom stereocenters. The molecule has 0 unspecified atom stereocenters. The molecule has 0 aliphatic carbocycles. The normalized spacial score (nSPS) is 10.6. The van der Waals surface area contributed by atoms with E-state index >= 15 is 0 Å². The molecule has 0 radical (unpaired) electrons. The van der Waals surface area contributed by atoms with Crippen LogP contribution in [0.15, 0.2) is 59.4 Å². The predicted octanol–water partition coefficient (Wildman–Crippen LogP) is 4.44. The Balaban J connectivity index is 1.68. The molecule has 7 heteroatoms. The Morgan fingerprint density at radius 1 is 1.00 bits per heavy atom. The third-order valence-electron chi connectivity index (χ3n) is 3.85. The van der Waals surface area contributed by atoms with E-state index in [-0.39, 0.29) is 24.4 Å². The molecule has 6 nitrogen and oxygen atoms in total. The quantitative estimate of drug-likeness (QED) is 0.201. The van der Waals surface area contributed by atoms with Gasteiger partial charge in [-0.2, -0.15) is 0 Å². The molecule has 0 spiro atoms. The minimum absolute atomic E-state index is 0.0167. The molecule has 0 N–H and O–H groups in total. The van der Waals surface area contributed by atoms with Crippen molar-refractivity contribution in [1.29, 1.82) is 0 Å². The average molecular weight is 398 g/mol. The van der Waals surface area contributed by atoms with Gasteiger partial charge in [0.15, 0.2) is 5.43 Å². The van der Waals surface area contributed by atoms with Crippen LogP contribution in [-0.2, 0) is 14.3 Å². The summed E-state index contributed by atoms with van der Waals surface area (Å²) in [7, 11) is 0. The number of esters is 1. The highest BCUT2D eigenvalue weighted by atomic mass is 32.1. The summed E-state index contributed by atoms with van der Waals surface area (Å²) < 4.78 is 16.7. The van der Waals surface area contributed by atoms with Crippen LogP contribution in [0.4, 0.5) is 4.79 Å². The number of carbonyl (C=O) groups excluding carboxylic acids is 2. The smallest absolute Gasteiger partial charge is 0.462 e. The van der Waals surface area contributed by atoms with Gasteiger partial charge in [0.1, 0.15) is 5.75 Å². The first-order valence-corrected chi connectivity index (χ1v) is 9.41. The van der Waals surface area contributed by atoms with E-state index in [4.69, 9.17) is 14.2 Å². The summed E-state index contributed by atoms with van der Waals surface area (Å²) in [5.74, 6) is -0.335. The van der Waals surface area contributed by atoms with Crippen LogP contribution in [-0.4, -0.2) is 25.3 Å². The van der Waals surface area contributed by atoms with Gasteiger partial charge in [-0.05, 0) is 31.2 Å². The lowest BCUT2D eigenvalue weighted by molar-refractivity contribution is -0.139. The van der Waals surface area contributed by atoms with Gasteiger partial charge in [0.05, 0.1) is 18.6 Å². The van der Waals surface area contributed by atoms with Crippen LogP contribution in [0.1, 0.15) is 13.3 Å². The summed E-state index contributed by atoms with van der Waals surface area (Å²) in [6.07, 6.45) is -0.598. The molecule has 3 aromatic rings. The number of ether oxygens (including phenoxy) is 3. The van der Waals surface area contributed by atoms with Crippen LogP contribution in [0.25, 0.3) is 20.2 Å². The summed E-state index contributed by atoms with van der Waals surface area (Å²) in [6.45, 7) is 5.15. The Hall–Kier alpha value is -3.19. The molecular formula is C21H18O6S. The van der Waals surface area contributed by atoms with Crippen LogP contribution in [0.3, 0.4) is 0 Å². The van der Waals surface area contributed by atoms with E-state index in [1.807, 2.05) is 18.2 Å². The molecule has 3 rings (SSSR count). The van der Waals surface area contributed by atoms with Gasteiger partial charge in [-0.25, -0.2) is 9.59 Å². The van der Waals surface area contributed by atoms with Crippen LogP contribution in [0.5, 0.6) is 5.75 Å². The highest BCUT2D eigenvalue weighted by molar-refractivity contribution is 7.24. The fourth-order valence-corrected chi connectivity index (χ4v) is 3.62. The highest BCUT2D eigenvalue weighted by Gasteiger charge is 2.14. The monoisotopic (exact) mass is 398 g/mol. The molecule has 1 heterocycles. The van der Waals surface area contributed by atoms with Gasteiger partial charge in [-0.15, -0.1) is 11.3 Å². The zero-order valence-electron chi connectivity index (χ0n) is 15.2. The van der Waals surface area contributed by atoms with Crippen molar-refractivity contribution in [3.05, 3.63) is 64.8 Å². The SMILES string of the molecule is C=C(C)C(=O)OCCCOC(=O)Oc1cccc2sc3ccccc3c(=O)c12. The van der Waals surface area contributed by atoms with Crippen molar-refractivity contribution in [3.63, 3.8) is 0 Å². The van der Waals surface area contributed by atoms with E-state index in [1.54, 1.807) is 31.2 Å². The molecular weight excluding hydrogens is 380 g/mol. The second-order valence-corrected chi connectivity index (χ2v) is 7.11. The minimum Gasteiger partial charge on any atom is -0.462 e. The van der Waals surface area contributed by atoms with Crippen LogP contribution in [0, 0.1) is 0 Å². The van der Waals surface area contributed by atoms with Crippen molar-refractivity contribution >= 4 is 43.6 Å². The molecule has 1 aromatic heterocycles. The van der Waals surface area contributed by atoms with Crippen molar-refractivity contribution in [3.8, 4) is 5.75 Å². The maximum atomic E-state index is 12.8. The molecule has 0 bridgehead atoms. The van der Waals surface area contributed by atoms with Crippen molar-refractivity contribution in [1.82, 2.24) is 0 Å². The van der Waals surface area contributed by atoms with Gasteiger partial charge < -0.3 is 14.2 Å². The fourth-order valence-electron chi connectivity index (χ4n) is 2.52. The number of carbonyl (C=O) groups is 2. The number of benzene rings is 2. The summed E-state index contributed by atoms with van der Waals surface area (Å²) in [4.78, 5) is 36.0. The van der Waals surface area contributed by atoms with E-state index < -0.39 is 12.1 Å². The first kappa shape index (κ1) is 19.6. The number of fused-ring (bicyclic) bond motifs is 2. The third kappa shape index (κ3) is 4.37. The summed E-state index contributed by atoms with van der Waals surface area (Å²) in [5, 5.41) is 0.919. The largest absolute Gasteiger partial charge is 0.513 e. The van der Waals surface area contributed by atoms with Gasteiger partial charge in [0.25, 0.3) is 0 Å². The van der Waals surface area contributed by atoms with E-state index in [0.717, 1.165) is 9.40 Å². The van der Waals surface area contributed by atoms with Gasteiger partial charge >= 0.3 is 12.1 Å². The predicted molar refractivity (Wildman–Crippen MR) is 108 cm³/mol. The summed E-state index contributed by atoms with van der Waals surface area (Å²) in [6, 6.07) is 12.4. The molecule has 0 amide bonds. The van der Waals surface area contributed by atoms with Crippen LogP contribution >= 0.6 is 11.3 Å². The average Bonchev–Trinajstić information content (AvgIpc) is 2.67. The van der Waals surface area contributed by atoms with E-state index in [0.29, 0.717) is 22.8 Å². The summed E-state index contributed by atoms with van der Waals surface area (Å²) in [5.41, 5.74) is 0.109. The van der Waals surface area contributed by atoms with E-state index in [1.165, 1.54) is 11.3 Å². The first-order valence-electron chi connectivity index (χ1n) is 8.59. The standard InChI is InChI=1S/C21H18O6S/c1-13(2)20(23)25-11-6-12-26-21(24)27-15-8-5-10-17-18(15)19(22)14-7-3-4-9-16(14)28-17/h3-5,7-10H,1,6,11-12H2,2H3. The van der Waals surface area contributed by atoms with Crippen LogP contribution in [0.2, 0.25) is 0 Å². The van der Waals surface area contributed by atoms with Gasteiger partial charge in [0, 0.05) is 26.8 Å². The molecule has 0 saturated heterocycles. The van der Waals surface area contributed by atoms with E-state index in [2.05, 4.69) is 6.58 Å². The molecule has 28 heavy (non-hydrogen) atoms. The molecule has 2 aromatic carbocycles. The van der Waals surface area contributed by atoms with Crippen molar-refractivity contribution in [2.45, 2.75) is 13.3 Å². The fraction of sp³-hybridized carbons (Fsp3) is 0.190. The Kier molecular flexibility index (Phi) is 6.06. The third-order valence-corrected chi connectivity index (χ3v) is 4.99. The first-order chi connectivity index (χ1) is 13.5. The number of hydrogen-bond acceptors (Lipinski definition) is 7. The van der Waals surface area contributed by atoms with Gasteiger partial charge in [0.2, 0.25) is 0 Å². The molecule has 0 fully saturated rings. The zero-order chi connectivity index (χ0) is 20.1. The van der Waals surface area contributed by atoms with E-state index in [9.17, 15) is 14.4 Å². The molecule has 0 aliphatic heterocycles. The summed E-state index contributed by atoms with van der Waals surface area (Å²) >= 11 is 1.45. The van der Waals surface area contributed by atoms with Crippen molar-refractivity contribution in [2.75, 3.05) is 13.2 Å². The molecule has 0 aliphatic rings. The Morgan fingerprint density at radius 3 is 2.50 bits per heavy atom. The Bertz CT molecular complexity index is 1110. The van der Waals surface area contributed by atoms with Gasteiger partial charge in [-0.3, -0.25) is 4.79 Å². The zero-order valence-corrected chi connectivity index (χ0v) is 16.0. The lowest BCUT2D eigenvalue weighted by atomic mass is 10.1. The Labute approximate surface area is 165 Å². The maximum absolute atomic E-state index is 12.8. The van der Waals surface area contributed by atoms with Gasteiger partial charge in [-0.1, -0.05) is 24.8 Å². The molecule has 144 valence electrons. The molecule has 0 saturated carbocycles. The maximum Gasteiger partial charge on any atom is 0.513 e. The Morgan fingerprint density at radius 2 is 1.71 bits per heavy atom. The second kappa shape index (κ2) is 8.67.